The minimum atomic E-state index is 0.132. The van der Waals surface area contributed by atoms with Gasteiger partial charge in [0, 0.05) is 39.0 Å². The number of hydrogen-bond donors (Lipinski definition) is 0. The molecule has 2 fully saturated rings. The number of benzene rings is 1. The normalized spacial score (nSPS) is 25.0. The Bertz CT molecular complexity index is 803. The highest BCUT2D eigenvalue weighted by atomic mass is 16.5. The molecule has 0 bridgehead atoms. The summed E-state index contributed by atoms with van der Waals surface area (Å²) in [5, 5.41) is 8.32. The summed E-state index contributed by atoms with van der Waals surface area (Å²) < 4.78 is 7.38. The van der Waals surface area contributed by atoms with E-state index in [2.05, 4.69) is 38.7 Å². The van der Waals surface area contributed by atoms with Crippen molar-refractivity contribution in [1.29, 1.82) is 0 Å². The van der Waals surface area contributed by atoms with E-state index >= 15 is 0 Å². The van der Waals surface area contributed by atoms with Crippen molar-refractivity contribution in [2.24, 2.45) is 11.8 Å². The molecular weight excluding hydrogens is 342 g/mol. The van der Waals surface area contributed by atoms with Crippen LogP contribution in [0.25, 0.3) is 0 Å². The van der Waals surface area contributed by atoms with Gasteiger partial charge in [0.15, 0.2) is 0 Å². The van der Waals surface area contributed by atoms with E-state index in [1.807, 2.05) is 17.0 Å². The first kappa shape index (κ1) is 18.0. The van der Waals surface area contributed by atoms with Gasteiger partial charge in [0.2, 0.25) is 5.91 Å². The van der Waals surface area contributed by atoms with Crippen molar-refractivity contribution in [1.82, 2.24) is 24.6 Å². The number of nitrogens with zero attached hydrogens (tertiary/aromatic N) is 5. The predicted octanol–water partition coefficient (Wildman–Crippen LogP) is 1.96. The number of aromatic nitrogens is 3. The quantitative estimate of drug-likeness (QED) is 0.806. The van der Waals surface area contributed by atoms with Crippen LogP contribution in [0.15, 0.2) is 30.6 Å². The molecule has 2 aliphatic rings. The maximum Gasteiger partial charge on any atom is 0.219 e. The molecule has 0 radical (unpaired) electrons. The monoisotopic (exact) mass is 369 g/mol. The lowest BCUT2D eigenvalue weighted by atomic mass is 9.89. The van der Waals surface area contributed by atoms with Crippen molar-refractivity contribution in [2.75, 3.05) is 26.7 Å². The fourth-order valence-corrected chi connectivity index (χ4v) is 4.68. The lowest BCUT2D eigenvalue weighted by molar-refractivity contribution is -0.130. The van der Waals surface area contributed by atoms with E-state index in [1.54, 1.807) is 20.4 Å². The minimum absolute atomic E-state index is 0.132. The first-order chi connectivity index (χ1) is 13.1. The van der Waals surface area contributed by atoms with E-state index in [4.69, 9.17) is 4.74 Å². The number of ether oxygens (including phenoxy) is 1. The molecule has 0 spiro atoms. The molecule has 1 amide bonds. The predicted molar refractivity (Wildman–Crippen MR) is 101 cm³/mol. The number of aryl methyl sites for hydroxylation is 1. The summed E-state index contributed by atoms with van der Waals surface area (Å²) in [5.74, 6) is 2.96. The Balaban J connectivity index is 1.54. The highest BCUT2D eigenvalue weighted by Crippen LogP contribution is 2.45. The van der Waals surface area contributed by atoms with Crippen molar-refractivity contribution in [3.05, 3.63) is 42.0 Å². The summed E-state index contributed by atoms with van der Waals surface area (Å²) in [5.41, 5.74) is 1.19. The zero-order valence-corrected chi connectivity index (χ0v) is 16.2. The van der Waals surface area contributed by atoms with Crippen LogP contribution in [0.5, 0.6) is 5.75 Å². The van der Waals surface area contributed by atoms with Gasteiger partial charge in [-0.2, -0.15) is 0 Å². The van der Waals surface area contributed by atoms with E-state index in [0.717, 1.165) is 44.3 Å². The zero-order chi connectivity index (χ0) is 19.0. The standard InChI is InChI=1S/C20H27N5O2/c1-4-24-13-21-22-19(24)12-23-9-16-10-25(14(2)26)20(18(16)11-23)15-5-7-17(27-3)8-6-15/h5-8,13,16,18,20H,4,9-12H2,1-3H3/t16-,18-,20+/m1/s1. The second kappa shape index (κ2) is 7.31. The molecule has 0 aliphatic carbocycles. The van der Waals surface area contributed by atoms with Crippen LogP contribution >= 0.6 is 0 Å². The van der Waals surface area contributed by atoms with E-state index in [9.17, 15) is 4.79 Å². The number of hydrogen-bond acceptors (Lipinski definition) is 5. The van der Waals surface area contributed by atoms with E-state index in [1.165, 1.54) is 5.56 Å². The number of carbonyl (C=O) groups excluding carboxylic acids is 1. The average molecular weight is 369 g/mol. The number of amides is 1. The molecule has 7 nitrogen and oxygen atoms in total. The highest BCUT2D eigenvalue weighted by molar-refractivity contribution is 5.74. The Kier molecular flexibility index (Phi) is 4.86. The van der Waals surface area contributed by atoms with Crippen LogP contribution in [0, 0.1) is 11.8 Å². The van der Waals surface area contributed by atoms with E-state index < -0.39 is 0 Å². The summed E-state index contributed by atoms with van der Waals surface area (Å²) in [6, 6.07) is 8.29. The first-order valence-electron chi connectivity index (χ1n) is 9.61. The maximum atomic E-state index is 12.3. The summed E-state index contributed by atoms with van der Waals surface area (Å²) in [6.45, 7) is 8.29. The topological polar surface area (TPSA) is 63.5 Å². The van der Waals surface area contributed by atoms with Gasteiger partial charge in [-0.1, -0.05) is 12.1 Å². The van der Waals surface area contributed by atoms with Crippen LogP contribution in [0.1, 0.15) is 31.3 Å². The van der Waals surface area contributed by atoms with Gasteiger partial charge in [-0.15, -0.1) is 10.2 Å². The lowest BCUT2D eigenvalue weighted by Crippen LogP contribution is -2.34. The Morgan fingerprint density at radius 3 is 2.67 bits per heavy atom. The molecule has 0 unspecified atom stereocenters. The lowest BCUT2D eigenvalue weighted by Gasteiger charge is -2.29. The van der Waals surface area contributed by atoms with Crippen LogP contribution in [-0.2, 0) is 17.9 Å². The third kappa shape index (κ3) is 3.32. The number of carbonyl (C=O) groups is 1. The van der Waals surface area contributed by atoms with Crippen molar-refractivity contribution < 1.29 is 9.53 Å². The minimum Gasteiger partial charge on any atom is -0.497 e. The molecule has 4 rings (SSSR count). The second-order valence-corrected chi connectivity index (χ2v) is 7.54. The number of fused-ring (bicyclic) bond motifs is 1. The molecule has 144 valence electrons. The van der Waals surface area contributed by atoms with Gasteiger partial charge in [0.25, 0.3) is 0 Å². The molecule has 27 heavy (non-hydrogen) atoms. The van der Waals surface area contributed by atoms with Gasteiger partial charge in [0.05, 0.1) is 19.7 Å². The number of methoxy groups -OCH3 is 1. The highest BCUT2D eigenvalue weighted by Gasteiger charge is 2.48. The van der Waals surface area contributed by atoms with Gasteiger partial charge < -0.3 is 14.2 Å². The number of rotatable bonds is 5. The molecule has 1 aromatic heterocycles. The largest absolute Gasteiger partial charge is 0.497 e. The Labute approximate surface area is 159 Å². The van der Waals surface area contributed by atoms with Crippen molar-refractivity contribution in [3.8, 4) is 5.75 Å². The first-order valence-corrected chi connectivity index (χ1v) is 9.61. The van der Waals surface area contributed by atoms with Gasteiger partial charge in [-0.3, -0.25) is 9.69 Å². The molecule has 2 aromatic rings. The maximum absolute atomic E-state index is 12.3. The Morgan fingerprint density at radius 1 is 1.22 bits per heavy atom. The molecule has 3 atom stereocenters. The van der Waals surface area contributed by atoms with Gasteiger partial charge in [0.1, 0.15) is 17.9 Å². The molecule has 0 N–H and O–H groups in total. The van der Waals surface area contributed by atoms with Crippen LogP contribution in [0.2, 0.25) is 0 Å². The zero-order valence-electron chi connectivity index (χ0n) is 16.2. The fraction of sp³-hybridized carbons (Fsp3) is 0.550. The Morgan fingerprint density at radius 2 is 2.00 bits per heavy atom. The third-order valence-corrected chi connectivity index (χ3v) is 6.00. The van der Waals surface area contributed by atoms with Crippen molar-refractivity contribution in [3.63, 3.8) is 0 Å². The molecule has 1 aromatic carbocycles. The molecule has 7 heteroatoms. The summed E-state index contributed by atoms with van der Waals surface area (Å²) in [4.78, 5) is 16.8. The summed E-state index contributed by atoms with van der Waals surface area (Å²) in [7, 11) is 1.67. The molecule has 2 aliphatic heterocycles. The molecular formula is C20H27N5O2. The van der Waals surface area contributed by atoms with E-state index in [-0.39, 0.29) is 11.9 Å². The third-order valence-electron chi connectivity index (χ3n) is 6.00. The fourth-order valence-electron chi connectivity index (χ4n) is 4.68. The van der Waals surface area contributed by atoms with Crippen molar-refractivity contribution in [2.45, 2.75) is 33.0 Å². The molecule has 2 saturated heterocycles. The van der Waals surface area contributed by atoms with Crippen LogP contribution in [0.3, 0.4) is 0 Å². The Hall–Kier alpha value is -2.41. The van der Waals surface area contributed by atoms with E-state index in [0.29, 0.717) is 11.8 Å². The van der Waals surface area contributed by atoms with Crippen LogP contribution in [0.4, 0.5) is 0 Å². The smallest absolute Gasteiger partial charge is 0.219 e. The van der Waals surface area contributed by atoms with Gasteiger partial charge >= 0.3 is 0 Å². The molecule has 0 saturated carbocycles. The van der Waals surface area contributed by atoms with Gasteiger partial charge in [-0.25, -0.2) is 0 Å². The van der Waals surface area contributed by atoms with Crippen LogP contribution in [-0.4, -0.2) is 57.2 Å². The second-order valence-electron chi connectivity index (χ2n) is 7.54. The van der Waals surface area contributed by atoms with Crippen LogP contribution < -0.4 is 4.74 Å². The SMILES string of the molecule is CCn1cnnc1CN1C[C@@H]2CN(C(C)=O)[C@@H](c3ccc(OC)cc3)[C@@H]2C1. The average Bonchev–Trinajstić information content (AvgIpc) is 3.36. The van der Waals surface area contributed by atoms with Gasteiger partial charge in [-0.05, 0) is 30.5 Å². The summed E-state index contributed by atoms with van der Waals surface area (Å²) >= 11 is 0. The summed E-state index contributed by atoms with van der Waals surface area (Å²) in [6.07, 6.45) is 1.80. The number of likely N-dealkylation sites (tertiary alicyclic amines) is 2. The van der Waals surface area contributed by atoms with Crippen molar-refractivity contribution >= 4 is 5.91 Å². The molecule has 3 heterocycles.